The summed E-state index contributed by atoms with van der Waals surface area (Å²) >= 11 is 6.04. The lowest BCUT2D eigenvalue weighted by Gasteiger charge is -2.32. The Bertz CT molecular complexity index is 177. The van der Waals surface area contributed by atoms with Crippen LogP contribution in [0.2, 0.25) is 0 Å². The van der Waals surface area contributed by atoms with Crippen LogP contribution in [0.5, 0.6) is 0 Å². The summed E-state index contributed by atoms with van der Waals surface area (Å²) < 4.78 is 5.14. The standard InChI is InChI=1S/C8H12ClNO/c1-11-7-4-2-3-5-8(7,9)6-10/h7H,2-5H2,1H3. The van der Waals surface area contributed by atoms with Gasteiger partial charge in [-0.2, -0.15) is 5.26 Å². The van der Waals surface area contributed by atoms with Gasteiger partial charge in [-0.05, 0) is 12.8 Å². The van der Waals surface area contributed by atoms with Gasteiger partial charge in [-0.15, -0.1) is 0 Å². The topological polar surface area (TPSA) is 33.0 Å². The smallest absolute Gasteiger partial charge is 0.156 e. The van der Waals surface area contributed by atoms with Crippen LogP contribution in [0.15, 0.2) is 0 Å². The third kappa shape index (κ3) is 1.66. The van der Waals surface area contributed by atoms with Crippen molar-refractivity contribution in [3.8, 4) is 6.07 Å². The summed E-state index contributed by atoms with van der Waals surface area (Å²) in [4.78, 5) is -0.757. The zero-order chi connectivity index (χ0) is 8.32. The van der Waals surface area contributed by atoms with E-state index in [1.807, 2.05) is 0 Å². The highest BCUT2D eigenvalue weighted by Gasteiger charge is 2.39. The molecular formula is C8H12ClNO. The molecule has 0 spiro atoms. The molecule has 2 nitrogen and oxygen atoms in total. The van der Waals surface area contributed by atoms with Crippen molar-refractivity contribution in [3.05, 3.63) is 0 Å². The summed E-state index contributed by atoms with van der Waals surface area (Å²) in [5, 5.41) is 8.79. The van der Waals surface area contributed by atoms with Crippen LogP contribution in [-0.4, -0.2) is 18.1 Å². The number of nitrogens with zero attached hydrogens (tertiary/aromatic N) is 1. The van der Waals surface area contributed by atoms with Crippen LogP contribution in [0.4, 0.5) is 0 Å². The largest absolute Gasteiger partial charge is 0.379 e. The van der Waals surface area contributed by atoms with Crippen molar-refractivity contribution in [2.75, 3.05) is 7.11 Å². The molecule has 0 aromatic rings. The maximum atomic E-state index is 8.79. The Morgan fingerprint density at radius 2 is 2.36 bits per heavy atom. The van der Waals surface area contributed by atoms with Gasteiger partial charge in [0.05, 0.1) is 12.2 Å². The van der Waals surface area contributed by atoms with Crippen molar-refractivity contribution in [2.45, 2.75) is 36.7 Å². The molecule has 1 saturated carbocycles. The van der Waals surface area contributed by atoms with E-state index in [-0.39, 0.29) is 6.10 Å². The van der Waals surface area contributed by atoms with Gasteiger partial charge in [0.15, 0.2) is 4.87 Å². The van der Waals surface area contributed by atoms with Gasteiger partial charge in [0.25, 0.3) is 0 Å². The lowest BCUT2D eigenvalue weighted by molar-refractivity contribution is 0.0550. The van der Waals surface area contributed by atoms with Crippen LogP contribution in [0.1, 0.15) is 25.7 Å². The molecule has 0 amide bonds. The number of hydrogen-bond acceptors (Lipinski definition) is 2. The van der Waals surface area contributed by atoms with Crippen LogP contribution >= 0.6 is 11.6 Å². The van der Waals surface area contributed by atoms with E-state index in [1.54, 1.807) is 7.11 Å². The molecule has 2 atom stereocenters. The predicted molar refractivity (Wildman–Crippen MR) is 43.5 cm³/mol. The second kappa shape index (κ2) is 3.42. The molecule has 0 aliphatic heterocycles. The van der Waals surface area contributed by atoms with E-state index in [0.29, 0.717) is 0 Å². The molecule has 0 saturated heterocycles. The van der Waals surface area contributed by atoms with E-state index in [0.717, 1.165) is 25.7 Å². The lowest BCUT2D eigenvalue weighted by Crippen LogP contribution is -2.39. The average molecular weight is 174 g/mol. The number of nitriles is 1. The fourth-order valence-electron chi connectivity index (χ4n) is 1.53. The van der Waals surface area contributed by atoms with Crippen LogP contribution < -0.4 is 0 Å². The number of rotatable bonds is 1. The quantitative estimate of drug-likeness (QED) is 0.569. The maximum absolute atomic E-state index is 8.79. The number of hydrogen-bond donors (Lipinski definition) is 0. The molecule has 1 aliphatic carbocycles. The van der Waals surface area contributed by atoms with Gasteiger partial charge in [-0.3, -0.25) is 0 Å². The summed E-state index contributed by atoms with van der Waals surface area (Å²) in [7, 11) is 1.62. The first kappa shape index (κ1) is 8.83. The minimum Gasteiger partial charge on any atom is -0.379 e. The monoisotopic (exact) mass is 173 g/mol. The molecule has 0 aromatic heterocycles. The highest BCUT2D eigenvalue weighted by atomic mass is 35.5. The fourth-order valence-corrected chi connectivity index (χ4v) is 1.87. The zero-order valence-corrected chi connectivity index (χ0v) is 7.40. The minimum absolute atomic E-state index is 0.0806. The first-order valence-corrected chi connectivity index (χ1v) is 4.23. The molecule has 0 N–H and O–H groups in total. The van der Waals surface area contributed by atoms with Crippen LogP contribution in [0, 0.1) is 11.3 Å². The molecule has 1 rings (SSSR count). The molecule has 1 fully saturated rings. The highest BCUT2D eigenvalue weighted by Crippen LogP contribution is 2.35. The van der Waals surface area contributed by atoms with E-state index in [4.69, 9.17) is 21.6 Å². The third-order valence-corrected chi connectivity index (χ3v) is 2.75. The van der Waals surface area contributed by atoms with Crippen molar-refractivity contribution in [1.82, 2.24) is 0 Å². The first-order valence-electron chi connectivity index (χ1n) is 3.86. The Morgan fingerprint density at radius 3 is 2.82 bits per heavy atom. The lowest BCUT2D eigenvalue weighted by atomic mass is 9.87. The van der Waals surface area contributed by atoms with Gasteiger partial charge in [0, 0.05) is 7.11 Å². The van der Waals surface area contributed by atoms with Gasteiger partial charge in [0.1, 0.15) is 0 Å². The first-order chi connectivity index (χ1) is 5.23. The summed E-state index contributed by atoms with van der Waals surface area (Å²) in [6.45, 7) is 0. The molecule has 0 heterocycles. The van der Waals surface area contributed by atoms with Gasteiger partial charge < -0.3 is 4.74 Å². The second-order valence-corrected chi connectivity index (χ2v) is 3.62. The Morgan fingerprint density at radius 1 is 1.64 bits per heavy atom. The van der Waals surface area contributed by atoms with E-state index >= 15 is 0 Å². The SMILES string of the molecule is COC1CCCCC1(Cl)C#N. The summed E-state index contributed by atoms with van der Waals surface area (Å²) in [5.74, 6) is 0. The van der Waals surface area contributed by atoms with E-state index in [2.05, 4.69) is 6.07 Å². The maximum Gasteiger partial charge on any atom is 0.156 e. The van der Waals surface area contributed by atoms with Gasteiger partial charge >= 0.3 is 0 Å². The van der Waals surface area contributed by atoms with Gasteiger partial charge in [-0.1, -0.05) is 24.4 Å². The van der Waals surface area contributed by atoms with Gasteiger partial charge in [-0.25, -0.2) is 0 Å². The summed E-state index contributed by atoms with van der Waals surface area (Å²) in [6, 6.07) is 2.12. The van der Waals surface area contributed by atoms with Crippen molar-refractivity contribution in [3.63, 3.8) is 0 Å². The van der Waals surface area contributed by atoms with Crippen LogP contribution in [0.25, 0.3) is 0 Å². The summed E-state index contributed by atoms with van der Waals surface area (Å²) in [6.07, 6.45) is 3.74. The average Bonchev–Trinajstić information content (AvgIpc) is 2.05. The van der Waals surface area contributed by atoms with Crippen LogP contribution in [-0.2, 0) is 4.74 Å². The Labute approximate surface area is 72.1 Å². The molecule has 3 heteroatoms. The molecule has 0 bridgehead atoms. The van der Waals surface area contributed by atoms with Crippen molar-refractivity contribution in [2.24, 2.45) is 0 Å². The predicted octanol–water partition coefficient (Wildman–Crippen LogP) is 2.08. The molecule has 1 aliphatic rings. The Balaban J connectivity index is 2.67. The number of halogens is 1. The highest BCUT2D eigenvalue weighted by molar-refractivity contribution is 6.26. The molecule has 11 heavy (non-hydrogen) atoms. The van der Waals surface area contributed by atoms with Gasteiger partial charge in [0.2, 0.25) is 0 Å². The number of ether oxygens (including phenoxy) is 1. The number of methoxy groups -OCH3 is 1. The second-order valence-electron chi connectivity index (χ2n) is 2.94. The van der Waals surface area contributed by atoms with Crippen molar-refractivity contribution in [1.29, 1.82) is 5.26 Å². The van der Waals surface area contributed by atoms with Crippen LogP contribution in [0.3, 0.4) is 0 Å². The van der Waals surface area contributed by atoms with E-state index in [9.17, 15) is 0 Å². The molecular weight excluding hydrogens is 162 g/mol. The normalized spacial score (nSPS) is 38.1. The zero-order valence-electron chi connectivity index (χ0n) is 6.64. The molecule has 0 radical (unpaired) electrons. The molecule has 62 valence electrons. The van der Waals surface area contributed by atoms with Crippen molar-refractivity contribution >= 4 is 11.6 Å². The van der Waals surface area contributed by atoms with E-state index in [1.165, 1.54) is 0 Å². The Kier molecular flexibility index (Phi) is 2.75. The van der Waals surface area contributed by atoms with E-state index < -0.39 is 4.87 Å². The van der Waals surface area contributed by atoms with Crippen molar-refractivity contribution < 1.29 is 4.74 Å². The molecule has 0 aromatic carbocycles. The minimum atomic E-state index is -0.757. The fraction of sp³-hybridized carbons (Fsp3) is 0.875. The Hall–Kier alpha value is -0.260. The summed E-state index contributed by atoms with van der Waals surface area (Å²) in [5.41, 5.74) is 0. The third-order valence-electron chi connectivity index (χ3n) is 2.24. The number of alkyl halides is 1. The molecule has 2 unspecified atom stereocenters.